The van der Waals surface area contributed by atoms with E-state index < -0.39 is 0 Å². The van der Waals surface area contributed by atoms with Gasteiger partial charge in [0.2, 0.25) is 0 Å². The van der Waals surface area contributed by atoms with Crippen LogP contribution in [0.3, 0.4) is 0 Å². The Morgan fingerprint density at radius 1 is 1.44 bits per heavy atom. The van der Waals surface area contributed by atoms with Crippen LogP contribution in [-0.2, 0) is 4.79 Å². The molecule has 0 aliphatic heterocycles. The van der Waals surface area contributed by atoms with Crippen molar-refractivity contribution in [3.05, 3.63) is 12.2 Å². The summed E-state index contributed by atoms with van der Waals surface area (Å²) in [5.41, 5.74) is 0. The molecule has 0 amide bonds. The van der Waals surface area contributed by atoms with Crippen molar-refractivity contribution in [2.45, 2.75) is 32.6 Å². The zero-order valence-electron chi connectivity index (χ0n) is 5.97. The van der Waals surface area contributed by atoms with E-state index in [2.05, 4.69) is 12.2 Å². The zero-order chi connectivity index (χ0) is 6.95. The summed E-state index contributed by atoms with van der Waals surface area (Å²) < 4.78 is 0. The van der Waals surface area contributed by atoms with Gasteiger partial charge in [-0.15, -0.1) is 0 Å². The van der Waals surface area contributed by atoms with Gasteiger partial charge in [0.05, 0.1) is 0 Å². The molecule has 0 atom stereocenters. The monoisotopic (exact) mass is 126 g/mol. The average Bonchev–Trinajstić information content (AvgIpc) is 2.43. The minimum Gasteiger partial charge on any atom is -0.303 e. The van der Waals surface area contributed by atoms with Crippen molar-refractivity contribution in [2.24, 2.45) is 0 Å². The van der Waals surface area contributed by atoms with Gasteiger partial charge < -0.3 is 4.79 Å². The predicted molar refractivity (Wildman–Crippen MR) is 39.3 cm³/mol. The molecule has 0 aromatic carbocycles. The highest BCUT2D eigenvalue weighted by atomic mass is 16.1. The van der Waals surface area contributed by atoms with Crippen LogP contribution >= 0.6 is 0 Å². The first-order valence-corrected chi connectivity index (χ1v) is 3.50. The molecule has 0 saturated carbocycles. The van der Waals surface area contributed by atoms with Gasteiger partial charge in [-0.2, -0.15) is 0 Å². The van der Waals surface area contributed by atoms with Crippen LogP contribution in [-0.4, -0.2) is 6.29 Å². The Morgan fingerprint density at radius 2 is 1.89 bits per heavy atom. The Kier molecular flexibility index (Phi) is 6.92. The summed E-state index contributed by atoms with van der Waals surface area (Å²) in [7, 11) is 0. The van der Waals surface area contributed by atoms with E-state index in [1.807, 2.05) is 6.92 Å². The van der Waals surface area contributed by atoms with Gasteiger partial charge in [-0.3, -0.25) is 0 Å². The summed E-state index contributed by atoms with van der Waals surface area (Å²) in [4.78, 5) is 9.17. The molecule has 0 radical (unpaired) electrons. The van der Waals surface area contributed by atoms with Crippen molar-refractivity contribution in [3.63, 3.8) is 0 Å². The fourth-order valence-electron chi connectivity index (χ4n) is 0.589. The summed E-state index contributed by atoms with van der Waals surface area (Å²) in [5, 5.41) is 0. The summed E-state index contributed by atoms with van der Waals surface area (Å²) in [6.07, 6.45) is 10.0. The number of rotatable bonds is 1. The molecule has 9 heavy (non-hydrogen) atoms. The molecule has 0 bridgehead atoms. The maximum Gasteiger partial charge on any atom is 0.119 e. The van der Waals surface area contributed by atoms with E-state index in [9.17, 15) is 4.79 Å². The Hall–Kier alpha value is -0.590. The number of allylic oxidation sites excluding steroid dienone is 2. The van der Waals surface area contributed by atoms with Crippen molar-refractivity contribution >= 4 is 6.29 Å². The second-order valence-electron chi connectivity index (χ2n) is 1.98. The van der Waals surface area contributed by atoms with E-state index in [1.165, 1.54) is 19.3 Å². The van der Waals surface area contributed by atoms with E-state index in [4.69, 9.17) is 0 Å². The second-order valence-corrected chi connectivity index (χ2v) is 1.98. The Balaban J connectivity index is 0.000000148. The minimum atomic E-state index is 0.639. The summed E-state index contributed by atoms with van der Waals surface area (Å²) in [6, 6.07) is 0. The SMILES string of the molecule is C1=CCCC1.CCC=O. The molecule has 0 aromatic heterocycles. The summed E-state index contributed by atoms with van der Waals surface area (Å²) in [6.45, 7) is 1.81. The third-order valence-electron chi connectivity index (χ3n) is 1.07. The first kappa shape index (κ1) is 8.41. The summed E-state index contributed by atoms with van der Waals surface area (Å²) >= 11 is 0. The van der Waals surface area contributed by atoms with Gasteiger partial charge in [0, 0.05) is 6.42 Å². The lowest BCUT2D eigenvalue weighted by Gasteiger charge is -1.69. The molecule has 1 heteroatoms. The molecule has 0 fully saturated rings. The van der Waals surface area contributed by atoms with Gasteiger partial charge in [0.15, 0.2) is 0 Å². The zero-order valence-corrected chi connectivity index (χ0v) is 5.97. The van der Waals surface area contributed by atoms with Crippen LogP contribution in [0.15, 0.2) is 12.2 Å². The standard InChI is InChI=1S/C5H8.C3H6O/c1-2-4-5-3-1;1-2-3-4/h1-2H,3-5H2;3H,2H2,1H3. The van der Waals surface area contributed by atoms with Crippen LogP contribution in [0.5, 0.6) is 0 Å². The van der Waals surface area contributed by atoms with Crippen LogP contribution < -0.4 is 0 Å². The lowest BCUT2D eigenvalue weighted by molar-refractivity contribution is -0.107. The fourth-order valence-corrected chi connectivity index (χ4v) is 0.589. The average molecular weight is 126 g/mol. The third-order valence-corrected chi connectivity index (χ3v) is 1.07. The largest absolute Gasteiger partial charge is 0.303 e. The van der Waals surface area contributed by atoms with Gasteiger partial charge in [-0.25, -0.2) is 0 Å². The highest BCUT2D eigenvalue weighted by Gasteiger charge is 1.84. The maximum atomic E-state index is 9.17. The maximum absolute atomic E-state index is 9.17. The number of aldehydes is 1. The quantitative estimate of drug-likeness (QED) is 0.389. The molecule has 0 heterocycles. The normalized spacial score (nSPS) is 14.3. The minimum absolute atomic E-state index is 0.639. The van der Waals surface area contributed by atoms with Crippen LogP contribution in [0.2, 0.25) is 0 Å². The molecule has 52 valence electrons. The van der Waals surface area contributed by atoms with E-state index >= 15 is 0 Å². The third kappa shape index (κ3) is 7.41. The van der Waals surface area contributed by atoms with E-state index in [1.54, 1.807) is 0 Å². The van der Waals surface area contributed by atoms with Crippen LogP contribution in [0, 0.1) is 0 Å². The van der Waals surface area contributed by atoms with E-state index in [0.717, 1.165) is 6.29 Å². The topological polar surface area (TPSA) is 17.1 Å². The highest BCUT2D eigenvalue weighted by Crippen LogP contribution is 2.05. The lowest BCUT2D eigenvalue weighted by atomic mass is 10.4. The lowest BCUT2D eigenvalue weighted by Crippen LogP contribution is -1.55. The molecule has 1 aliphatic rings. The Morgan fingerprint density at radius 3 is 2.00 bits per heavy atom. The number of hydrogen-bond acceptors (Lipinski definition) is 1. The molecule has 0 saturated heterocycles. The highest BCUT2D eigenvalue weighted by molar-refractivity contribution is 5.48. The molecule has 0 N–H and O–H groups in total. The molecule has 1 nitrogen and oxygen atoms in total. The van der Waals surface area contributed by atoms with E-state index in [0.29, 0.717) is 6.42 Å². The van der Waals surface area contributed by atoms with Crippen molar-refractivity contribution in [3.8, 4) is 0 Å². The van der Waals surface area contributed by atoms with Gasteiger partial charge in [0.1, 0.15) is 6.29 Å². The van der Waals surface area contributed by atoms with Crippen molar-refractivity contribution in [1.29, 1.82) is 0 Å². The first-order chi connectivity index (χ1) is 4.41. The molecule has 0 aromatic rings. The van der Waals surface area contributed by atoms with Crippen molar-refractivity contribution in [1.82, 2.24) is 0 Å². The van der Waals surface area contributed by atoms with Gasteiger partial charge in [-0.1, -0.05) is 19.1 Å². The number of carbonyl (C=O) groups excluding carboxylic acids is 1. The van der Waals surface area contributed by atoms with Crippen LogP contribution in [0.4, 0.5) is 0 Å². The number of hydrogen-bond donors (Lipinski definition) is 0. The van der Waals surface area contributed by atoms with Gasteiger partial charge >= 0.3 is 0 Å². The van der Waals surface area contributed by atoms with Gasteiger partial charge in [0.25, 0.3) is 0 Å². The molecule has 1 aliphatic carbocycles. The molecular formula is C8H14O. The van der Waals surface area contributed by atoms with Crippen LogP contribution in [0.1, 0.15) is 32.6 Å². The molecular weight excluding hydrogens is 112 g/mol. The van der Waals surface area contributed by atoms with Crippen molar-refractivity contribution < 1.29 is 4.79 Å². The van der Waals surface area contributed by atoms with Crippen molar-refractivity contribution in [2.75, 3.05) is 0 Å². The first-order valence-electron chi connectivity index (χ1n) is 3.50. The molecule has 0 spiro atoms. The fraction of sp³-hybridized carbons (Fsp3) is 0.625. The van der Waals surface area contributed by atoms with Gasteiger partial charge in [-0.05, 0) is 19.3 Å². The van der Waals surface area contributed by atoms with Crippen LogP contribution in [0.25, 0.3) is 0 Å². The van der Waals surface area contributed by atoms with E-state index in [-0.39, 0.29) is 0 Å². The molecule has 1 rings (SSSR count). The Labute approximate surface area is 56.8 Å². The summed E-state index contributed by atoms with van der Waals surface area (Å²) in [5.74, 6) is 0. The smallest absolute Gasteiger partial charge is 0.119 e. The predicted octanol–water partition coefficient (Wildman–Crippen LogP) is 2.32. The number of carbonyl (C=O) groups is 1. The molecule has 0 unspecified atom stereocenters. The second kappa shape index (κ2) is 7.41. The Bertz CT molecular complexity index is 78.6.